The Hall–Kier alpha value is -1.35. The maximum Gasteiger partial charge on any atom is 0.229 e. The fourth-order valence-electron chi connectivity index (χ4n) is 2.83. The largest absolute Gasteiger partial charge is 0.391 e. The zero-order valence-electron chi connectivity index (χ0n) is 9.85. The second kappa shape index (κ2) is 4.15. The van der Waals surface area contributed by atoms with Crippen molar-refractivity contribution in [2.75, 3.05) is 11.4 Å². The summed E-state index contributed by atoms with van der Waals surface area (Å²) >= 11 is 0. The first-order valence-electron chi connectivity index (χ1n) is 6.34. The Labute approximate surface area is 101 Å². The summed E-state index contributed by atoms with van der Waals surface area (Å²) in [6.07, 6.45) is 4.55. The topological polar surface area (TPSA) is 40.5 Å². The van der Waals surface area contributed by atoms with Crippen molar-refractivity contribution in [2.45, 2.75) is 38.2 Å². The van der Waals surface area contributed by atoms with Crippen LogP contribution in [0.15, 0.2) is 18.2 Å². The number of aryl methyl sites for hydroxylation is 2. The highest BCUT2D eigenvalue weighted by atomic mass is 16.3. The summed E-state index contributed by atoms with van der Waals surface area (Å²) in [5.41, 5.74) is 3.75. The molecule has 0 radical (unpaired) electrons. The molecule has 3 nitrogen and oxygen atoms in total. The minimum Gasteiger partial charge on any atom is -0.391 e. The van der Waals surface area contributed by atoms with Crippen molar-refractivity contribution in [3.63, 3.8) is 0 Å². The number of benzene rings is 1. The molecule has 1 N–H and O–H groups in total. The van der Waals surface area contributed by atoms with E-state index in [2.05, 4.69) is 12.1 Å². The first-order valence-corrected chi connectivity index (χ1v) is 6.34. The van der Waals surface area contributed by atoms with Gasteiger partial charge in [0.25, 0.3) is 0 Å². The number of fused-ring (bicyclic) bond motifs is 1. The van der Waals surface area contributed by atoms with E-state index in [1.165, 1.54) is 24.0 Å². The summed E-state index contributed by atoms with van der Waals surface area (Å²) in [5.74, 6) is 0.0354. The minimum atomic E-state index is -0.501. The summed E-state index contributed by atoms with van der Waals surface area (Å²) in [6, 6.07) is 6.28. The number of β-amino-alcohol motifs (C(OH)–C–C–N with tert-alkyl or cyclic N) is 1. The molecular weight excluding hydrogens is 214 g/mol. The van der Waals surface area contributed by atoms with Crippen LogP contribution in [0.1, 0.15) is 30.4 Å². The van der Waals surface area contributed by atoms with Crippen LogP contribution in [0, 0.1) is 0 Å². The van der Waals surface area contributed by atoms with Gasteiger partial charge in [0, 0.05) is 5.69 Å². The van der Waals surface area contributed by atoms with Crippen LogP contribution >= 0.6 is 0 Å². The molecule has 3 heteroatoms. The molecule has 1 aromatic rings. The molecule has 1 aliphatic heterocycles. The minimum absolute atomic E-state index is 0.0354. The summed E-state index contributed by atoms with van der Waals surface area (Å²) in [5, 5.41) is 9.51. The van der Waals surface area contributed by atoms with E-state index >= 15 is 0 Å². The lowest BCUT2D eigenvalue weighted by atomic mass is 9.91. The maximum absolute atomic E-state index is 11.7. The second-order valence-electron chi connectivity index (χ2n) is 5.02. The molecule has 1 atom stereocenters. The third-order valence-electron chi connectivity index (χ3n) is 3.75. The van der Waals surface area contributed by atoms with E-state index < -0.39 is 6.10 Å². The van der Waals surface area contributed by atoms with Gasteiger partial charge in [-0.15, -0.1) is 0 Å². The molecule has 1 aliphatic carbocycles. The lowest BCUT2D eigenvalue weighted by molar-refractivity contribution is -0.117. The Morgan fingerprint density at radius 3 is 2.65 bits per heavy atom. The molecule has 1 heterocycles. The van der Waals surface area contributed by atoms with Gasteiger partial charge in [-0.25, -0.2) is 0 Å². The van der Waals surface area contributed by atoms with E-state index in [4.69, 9.17) is 0 Å². The van der Waals surface area contributed by atoms with Crippen molar-refractivity contribution in [2.24, 2.45) is 0 Å². The molecular formula is C14H17NO2. The monoisotopic (exact) mass is 231 g/mol. The molecule has 0 spiro atoms. The fraction of sp³-hybridized carbons (Fsp3) is 0.500. The van der Waals surface area contributed by atoms with Crippen molar-refractivity contribution < 1.29 is 9.90 Å². The summed E-state index contributed by atoms with van der Waals surface area (Å²) in [7, 11) is 0. The lowest BCUT2D eigenvalue weighted by Gasteiger charge is -2.21. The number of rotatable bonds is 1. The van der Waals surface area contributed by atoms with E-state index in [1.54, 1.807) is 4.90 Å². The lowest BCUT2D eigenvalue weighted by Crippen LogP contribution is -2.25. The van der Waals surface area contributed by atoms with Crippen molar-refractivity contribution in [1.29, 1.82) is 0 Å². The Bertz CT molecular complexity index is 456. The number of nitrogens with zero attached hydrogens (tertiary/aromatic N) is 1. The molecule has 3 rings (SSSR count). The van der Waals surface area contributed by atoms with Crippen LogP contribution in [0.25, 0.3) is 0 Å². The Morgan fingerprint density at radius 1 is 1.18 bits per heavy atom. The molecule has 1 saturated heterocycles. The smallest absolute Gasteiger partial charge is 0.229 e. The van der Waals surface area contributed by atoms with Crippen LogP contribution < -0.4 is 4.90 Å². The zero-order chi connectivity index (χ0) is 11.8. The van der Waals surface area contributed by atoms with Gasteiger partial charge < -0.3 is 10.0 Å². The molecule has 1 fully saturated rings. The molecule has 90 valence electrons. The summed E-state index contributed by atoms with van der Waals surface area (Å²) in [6.45, 7) is 0.442. The highest BCUT2D eigenvalue weighted by Gasteiger charge is 2.29. The molecule has 1 aromatic carbocycles. The van der Waals surface area contributed by atoms with E-state index in [9.17, 15) is 9.90 Å². The highest BCUT2D eigenvalue weighted by molar-refractivity contribution is 5.96. The average molecular weight is 231 g/mol. The van der Waals surface area contributed by atoms with Crippen molar-refractivity contribution in [3.05, 3.63) is 29.3 Å². The summed E-state index contributed by atoms with van der Waals surface area (Å²) in [4.78, 5) is 13.4. The van der Waals surface area contributed by atoms with Crippen molar-refractivity contribution in [1.82, 2.24) is 0 Å². The van der Waals surface area contributed by atoms with Crippen LogP contribution in [0.5, 0.6) is 0 Å². The van der Waals surface area contributed by atoms with Gasteiger partial charge in [-0.05, 0) is 48.9 Å². The molecule has 17 heavy (non-hydrogen) atoms. The van der Waals surface area contributed by atoms with Crippen molar-refractivity contribution in [3.8, 4) is 0 Å². The van der Waals surface area contributed by atoms with E-state index in [0.29, 0.717) is 6.54 Å². The number of aliphatic hydroxyl groups excluding tert-OH is 1. The van der Waals surface area contributed by atoms with Gasteiger partial charge in [0.1, 0.15) is 0 Å². The Morgan fingerprint density at radius 2 is 1.94 bits per heavy atom. The van der Waals surface area contributed by atoms with Crippen LogP contribution in [-0.2, 0) is 17.6 Å². The van der Waals surface area contributed by atoms with Gasteiger partial charge in [0.05, 0.1) is 19.1 Å². The number of aliphatic hydroxyl groups is 1. The molecule has 1 unspecified atom stereocenters. The Kier molecular flexibility index (Phi) is 2.63. The molecule has 0 saturated carbocycles. The quantitative estimate of drug-likeness (QED) is 0.798. The van der Waals surface area contributed by atoms with E-state index in [0.717, 1.165) is 18.5 Å². The predicted molar refractivity (Wildman–Crippen MR) is 66.1 cm³/mol. The average Bonchev–Trinajstić information content (AvgIpc) is 2.68. The number of carbonyl (C=O) groups is 1. The molecule has 0 bridgehead atoms. The summed E-state index contributed by atoms with van der Waals surface area (Å²) < 4.78 is 0. The number of anilines is 1. The normalized spacial score (nSPS) is 23.9. The van der Waals surface area contributed by atoms with Crippen LogP contribution in [0.3, 0.4) is 0 Å². The zero-order valence-corrected chi connectivity index (χ0v) is 9.85. The van der Waals surface area contributed by atoms with Gasteiger partial charge in [-0.3, -0.25) is 4.79 Å². The first kappa shape index (κ1) is 10.8. The number of amides is 1. The fourth-order valence-corrected chi connectivity index (χ4v) is 2.83. The number of carbonyl (C=O) groups excluding carboxylic acids is 1. The third kappa shape index (κ3) is 1.95. The first-order chi connectivity index (χ1) is 8.24. The maximum atomic E-state index is 11.7. The van der Waals surface area contributed by atoms with Gasteiger partial charge >= 0.3 is 0 Å². The standard InChI is InChI=1S/C14H17NO2/c16-13-8-14(17)15(9-13)12-6-5-10-3-1-2-4-11(10)7-12/h5-7,13,16H,1-4,8-9H2. The van der Waals surface area contributed by atoms with Crippen LogP contribution in [0.4, 0.5) is 5.69 Å². The number of hydrogen-bond donors (Lipinski definition) is 1. The number of hydrogen-bond acceptors (Lipinski definition) is 2. The van der Waals surface area contributed by atoms with Gasteiger partial charge in [-0.1, -0.05) is 6.07 Å². The molecule has 0 aromatic heterocycles. The van der Waals surface area contributed by atoms with Crippen molar-refractivity contribution >= 4 is 11.6 Å². The Balaban J connectivity index is 1.91. The van der Waals surface area contributed by atoms with Crippen LogP contribution in [-0.4, -0.2) is 23.7 Å². The second-order valence-corrected chi connectivity index (χ2v) is 5.02. The highest BCUT2D eigenvalue weighted by Crippen LogP contribution is 2.28. The predicted octanol–water partition coefficient (Wildman–Crippen LogP) is 1.66. The third-order valence-corrected chi connectivity index (χ3v) is 3.75. The SMILES string of the molecule is O=C1CC(O)CN1c1ccc2c(c1)CCCC2. The molecule has 1 amide bonds. The van der Waals surface area contributed by atoms with Crippen LogP contribution in [0.2, 0.25) is 0 Å². The van der Waals surface area contributed by atoms with Gasteiger partial charge in [0.15, 0.2) is 0 Å². The molecule has 2 aliphatic rings. The van der Waals surface area contributed by atoms with E-state index in [-0.39, 0.29) is 12.3 Å². The van der Waals surface area contributed by atoms with E-state index in [1.807, 2.05) is 6.07 Å². The van der Waals surface area contributed by atoms with Gasteiger partial charge in [-0.2, -0.15) is 0 Å². The van der Waals surface area contributed by atoms with Gasteiger partial charge in [0.2, 0.25) is 5.91 Å².